The molecule has 0 saturated carbocycles. The lowest BCUT2D eigenvalue weighted by atomic mass is 9.96. The van der Waals surface area contributed by atoms with E-state index in [0.717, 1.165) is 0 Å². The first-order valence-electron chi connectivity index (χ1n) is 13.4. The van der Waals surface area contributed by atoms with Crippen LogP contribution in [0.1, 0.15) is 73.6 Å². The van der Waals surface area contributed by atoms with E-state index in [1.807, 2.05) is 13.8 Å². The Bertz CT molecular complexity index is 910. The Kier molecular flexibility index (Phi) is 16.3. The maximum Gasteiger partial charge on any atom is 0.305 e. The molecule has 0 bridgehead atoms. The van der Waals surface area contributed by atoms with Gasteiger partial charge in [-0.2, -0.15) is 0 Å². The van der Waals surface area contributed by atoms with E-state index in [1.165, 1.54) is 0 Å². The number of carbonyl (C=O) groups excluding carboxylic acids is 6. The predicted molar refractivity (Wildman–Crippen MR) is 146 cm³/mol. The monoisotopic (exact) mass is 570 g/mol. The number of nitrogens with two attached hydrogens (primary N) is 2. The van der Waals surface area contributed by atoms with E-state index in [4.69, 9.17) is 16.6 Å². The summed E-state index contributed by atoms with van der Waals surface area (Å²) in [6.45, 7) is 10.8. The molecule has 0 aromatic rings. The van der Waals surface area contributed by atoms with Gasteiger partial charge in [0, 0.05) is 0 Å². The quantitative estimate of drug-likeness (QED) is 0.0935. The Morgan fingerprint density at radius 2 is 1.27 bits per heavy atom. The molecule has 14 nitrogen and oxygen atoms in total. The molecule has 0 aliphatic carbocycles. The Hall–Kier alpha value is -3.55. The molecule has 40 heavy (non-hydrogen) atoms. The zero-order valence-electron chi connectivity index (χ0n) is 24.2. The van der Waals surface area contributed by atoms with Crippen LogP contribution < -0.4 is 32.7 Å². The standard InChI is InChI=1S/C26H46N6O8/c1-7-15(6)22(26(40)29-16(12-33)10-21(35)36)32-25(39)18(9-14(4)5)31-24(38)19(11-20(28)34)30-23(37)17(27)8-13(2)3/h12-19,22H,7-11,27H2,1-6H3,(H2,28,34)(H,29,40)(H,30,37)(H,31,38)(H,32,39)(H,35,36)/t15-,16-,17-,18-,19-,22-/m0/s1. The Morgan fingerprint density at radius 3 is 1.73 bits per heavy atom. The van der Waals surface area contributed by atoms with Crippen molar-refractivity contribution in [3.8, 4) is 0 Å². The van der Waals surface area contributed by atoms with Crippen molar-refractivity contribution in [3.63, 3.8) is 0 Å². The molecule has 0 aromatic heterocycles. The Morgan fingerprint density at radius 1 is 0.750 bits per heavy atom. The second kappa shape index (κ2) is 17.9. The number of aliphatic carboxylic acids is 1. The fourth-order valence-electron chi connectivity index (χ4n) is 3.83. The molecule has 228 valence electrons. The molecule has 0 rings (SSSR count). The second-order valence-electron chi connectivity index (χ2n) is 10.9. The van der Waals surface area contributed by atoms with Gasteiger partial charge in [0.2, 0.25) is 29.5 Å². The van der Waals surface area contributed by atoms with Gasteiger partial charge in [-0.15, -0.1) is 0 Å². The Balaban J connectivity index is 5.85. The van der Waals surface area contributed by atoms with Gasteiger partial charge >= 0.3 is 5.97 Å². The van der Waals surface area contributed by atoms with Crippen molar-refractivity contribution in [2.75, 3.05) is 0 Å². The van der Waals surface area contributed by atoms with Crippen LogP contribution in [0, 0.1) is 17.8 Å². The molecule has 0 unspecified atom stereocenters. The lowest BCUT2D eigenvalue weighted by Crippen LogP contribution is -2.60. The number of nitrogens with one attached hydrogen (secondary N) is 4. The van der Waals surface area contributed by atoms with E-state index in [0.29, 0.717) is 19.1 Å². The van der Waals surface area contributed by atoms with Gasteiger partial charge in [-0.25, -0.2) is 0 Å². The largest absolute Gasteiger partial charge is 0.481 e. The Labute approximate surface area is 235 Å². The molecule has 14 heteroatoms. The van der Waals surface area contributed by atoms with Crippen molar-refractivity contribution in [1.29, 1.82) is 0 Å². The number of carboxylic acids is 1. The van der Waals surface area contributed by atoms with Gasteiger partial charge in [0.25, 0.3) is 0 Å². The molecule has 0 spiro atoms. The van der Waals surface area contributed by atoms with Gasteiger partial charge in [0.15, 0.2) is 0 Å². The molecule has 6 atom stereocenters. The highest BCUT2D eigenvalue weighted by Gasteiger charge is 2.33. The molecule has 0 fully saturated rings. The fourth-order valence-corrected chi connectivity index (χ4v) is 3.83. The van der Waals surface area contributed by atoms with Gasteiger partial charge in [-0.1, -0.05) is 48.0 Å². The molecule has 5 amide bonds. The maximum atomic E-state index is 13.3. The summed E-state index contributed by atoms with van der Waals surface area (Å²) >= 11 is 0. The third kappa shape index (κ3) is 14.0. The first-order valence-corrected chi connectivity index (χ1v) is 13.4. The van der Waals surface area contributed by atoms with E-state index in [1.54, 1.807) is 27.7 Å². The van der Waals surface area contributed by atoms with Crippen molar-refractivity contribution in [3.05, 3.63) is 0 Å². The minimum absolute atomic E-state index is 0.0921. The van der Waals surface area contributed by atoms with Gasteiger partial charge in [-0.3, -0.25) is 28.8 Å². The van der Waals surface area contributed by atoms with E-state index < -0.39 is 84.5 Å². The van der Waals surface area contributed by atoms with E-state index >= 15 is 0 Å². The van der Waals surface area contributed by atoms with Crippen LogP contribution in [0.2, 0.25) is 0 Å². The highest BCUT2D eigenvalue weighted by molar-refractivity contribution is 5.97. The lowest BCUT2D eigenvalue weighted by molar-refractivity contribution is -0.139. The summed E-state index contributed by atoms with van der Waals surface area (Å²) in [6.07, 6.45) is 0.0715. The summed E-state index contributed by atoms with van der Waals surface area (Å²) in [7, 11) is 0. The fraction of sp³-hybridized carbons (Fsp3) is 0.731. The first kappa shape index (κ1) is 36.5. The lowest BCUT2D eigenvalue weighted by Gasteiger charge is -2.29. The summed E-state index contributed by atoms with van der Waals surface area (Å²) in [6, 6.07) is -5.91. The van der Waals surface area contributed by atoms with Crippen molar-refractivity contribution in [1.82, 2.24) is 21.3 Å². The summed E-state index contributed by atoms with van der Waals surface area (Å²) in [5, 5.41) is 18.8. The first-order chi connectivity index (χ1) is 18.5. The topological polar surface area (TPSA) is 240 Å². The van der Waals surface area contributed by atoms with E-state index in [9.17, 15) is 33.6 Å². The molecule has 0 radical (unpaired) electrons. The van der Waals surface area contributed by atoms with Crippen LogP contribution in [-0.2, 0) is 33.6 Å². The highest BCUT2D eigenvalue weighted by Crippen LogP contribution is 2.12. The van der Waals surface area contributed by atoms with Crippen molar-refractivity contribution in [2.45, 2.75) is 104 Å². The maximum absolute atomic E-state index is 13.3. The van der Waals surface area contributed by atoms with Crippen LogP contribution in [0.3, 0.4) is 0 Å². The minimum atomic E-state index is -1.39. The number of carboxylic acid groups (broad SMARTS) is 1. The minimum Gasteiger partial charge on any atom is -0.481 e. The van der Waals surface area contributed by atoms with Crippen LogP contribution in [0.25, 0.3) is 0 Å². The molecule has 0 aliphatic rings. The number of hydrogen-bond acceptors (Lipinski definition) is 8. The molecule has 0 aliphatic heterocycles. The summed E-state index contributed by atoms with van der Waals surface area (Å²) < 4.78 is 0. The van der Waals surface area contributed by atoms with Crippen molar-refractivity contribution >= 4 is 41.8 Å². The average molecular weight is 571 g/mol. The molecule has 0 saturated heterocycles. The van der Waals surface area contributed by atoms with Gasteiger partial charge in [0.1, 0.15) is 24.4 Å². The van der Waals surface area contributed by atoms with Crippen LogP contribution in [0.4, 0.5) is 0 Å². The zero-order chi connectivity index (χ0) is 31.2. The summed E-state index contributed by atoms with van der Waals surface area (Å²) in [5.74, 6) is -5.52. The van der Waals surface area contributed by atoms with Gasteiger partial charge in [0.05, 0.1) is 24.9 Å². The number of carbonyl (C=O) groups is 7. The van der Waals surface area contributed by atoms with Crippen LogP contribution >= 0.6 is 0 Å². The van der Waals surface area contributed by atoms with Crippen molar-refractivity contribution in [2.24, 2.45) is 29.2 Å². The number of hydrogen-bond donors (Lipinski definition) is 7. The molecule has 0 aromatic carbocycles. The number of rotatable bonds is 19. The van der Waals surface area contributed by atoms with Gasteiger partial charge in [-0.05, 0) is 30.6 Å². The van der Waals surface area contributed by atoms with E-state index in [-0.39, 0.29) is 18.3 Å². The zero-order valence-corrected chi connectivity index (χ0v) is 24.2. The van der Waals surface area contributed by atoms with Gasteiger partial charge < -0.3 is 42.6 Å². The summed E-state index contributed by atoms with van der Waals surface area (Å²) in [4.78, 5) is 85.7. The molecular formula is C26H46N6O8. The normalized spacial score (nSPS) is 15.6. The predicted octanol–water partition coefficient (Wildman–Crippen LogP) is -1.06. The number of primary amides is 1. The van der Waals surface area contributed by atoms with Crippen molar-refractivity contribution < 1.29 is 38.7 Å². The van der Waals surface area contributed by atoms with Crippen LogP contribution in [-0.4, -0.2) is 77.1 Å². The third-order valence-corrected chi connectivity index (χ3v) is 6.12. The smallest absolute Gasteiger partial charge is 0.305 e. The molecule has 0 heterocycles. The molecule has 9 N–H and O–H groups in total. The van der Waals surface area contributed by atoms with E-state index in [2.05, 4.69) is 21.3 Å². The molecular weight excluding hydrogens is 524 g/mol. The summed E-state index contributed by atoms with van der Waals surface area (Å²) in [5.41, 5.74) is 11.2. The SMILES string of the molecule is CC[C@H](C)[C@H](NC(=O)[C@H](CC(C)C)NC(=O)[C@H](CC(N)=O)NC(=O)[C@@H](N)CC(C)C)C(=O)N[C@H](C=O)CC(=O)O. The van der Waals surface area contributed by atoms with Crippen LogP contribution in [0.5, 0.6) is 0 Å². The third-order valence-electron chi connectivity index (χ3n) is 6.12. The van der Waals surface area contributed by atoms with Crippen LogP contribution in [0.15, 0.2) is 0 Å². The second-order valence-corrected chi connectivity index (χ2v) is 10.9. The number of amides is 5. The number of aldehydes is 1. The highest BCUT2D eigenvalue weighted by atomic mass is 16.4. The average Bonchev–Trinajstić information content (AvgIpc) is 2.83.